The number of phenolic OH excluding ortho intramolecular Hbond substituents is 1. The molecular weight excluding hydrogens is 212 g/mol. The third kappa shape index (κ3) is 1.92. The van der Waals surface area contributed by atoms with Crippen LogP contribution in [0.5, 0.6) is 5.75 Å². The highest BCUT2D eigenvalue weighted by Gasteiger charge is 2.07. The third-order valence-electron chi connectivity index (χ3n) is 1.99. The SMILES string of the molecule is CSc1ccc(-c2cc(N)no2)cc1O. The van der Waals surface area contributed by atoms with Gasteiger partial charge >= 0.3 is 0 Å². The fourth-order valence-electron chi connectivity index (χ4n) is 1.27. The number of nitrogen functional groups attached to an aromatic ring is 1. The summed E-state index contributed by atoms with van der Waals surface area (Å²) < 4.78 is 4.99. The molecule has 0 saturated heterocycles. The van der Waals surface area contributed by atoms with E-state index in [-0.39, 0.29) is 5.75 Å². The normalized spacial score (nSPS) is 10.5. The summed E-state index contributed by atoms with van der Waals surface area (Å²) in [5.74, 6) is 1.11. The van der Waals surface area contributed by atoms with Gasteiger partial charge in [0.1, 0.15) is 5.75 Å². The van der Waals surface area contributed by atoms with E-state index in [1.807, 2.05) is 18.4 Å². The molecule has 2 aromatic rings. The zero-order chi connectivity index (χ0) is 10.8. The van der Waals surface area contributed by atoms with Gasteiger partial charge < -0.3 is 15.4 Å². The predicted octanol–water partition coefficient (Wildman–Crippen LogP) is 2.35. The van der Waals surface area contributed by atoms with Crippen LogP contribution in [0.4, 0.5) is 5.82 Å². The van der Waals surface area contributed by atoms with Crippen molar-refractivity contribution < 1.29 is 9.63 Å². The Hall–Kier alpha value is -1.62. The van der Waals surface area contributed by atoms with Gasteiger partial charge in [-0.25, -0.2) is 0 Å². The number of aromatic hydroxyl groups is 1. The first-order valence-electron chi connectivity index (χ1n) is 4.30. The van der Waals surface area contributed by atoms with Gasteiger partial charge in [0.05, 0.1) is 0 Å². The number of thioether (sulfide) groups is 1. The second-order valence-corrected chi connectivity index (χ2v) is 3.85. The van der Waals surface area contributed by atoms with Crippen LogP contribution in [0.3, 0.4) is 0 Å². The Labute approximate surface area is 91.1 Å². The highest BCUT2D eigenvalue weighted by atomic mass is 32.2. The first-order chi connectivity index (χ1) is 7.20. The van der Waals surface area contributed by atoms with Crippen molar-refractivity contribution in [2.75, 3.05) is 12.0 Å². The molecule has 5 heteroatoms. The lowest BCUT2D eigenvalue weighted by molar-refractivity contribution is 0.434. The van der Waals surface area contributed by atoms with E-state index in [4.69, 9.17) is 10.3 Å². The number of rotatable bonds is 2. The van der Waals surface area contributed by atoms with Crippen molar-refractivity contribution in [1.29, 1.82) is 0 Å². The molecule has 0 fully saturated rings. The summed E-state index contributed by atoms with van der Waals surface area (Å²) in [4.78, 5) is 0.825. The third-order valence-corrected chi connectivity index (χ3v) is 2.78. The number of nitrogens with two attached hydrogens (primary N) is 1. The van der Waals surface area contributed by atoms with E-state index >= 15 is 0 Å². The number of nitrogens with zero attached hydrogens (tertiary/aromatic N) is 1. The van der Waals surface area contributed by atoms with E-state index in [0.29, 0.717) is 11.6 Å². The quantitative estimate of drug-likeness (QED) is 0.763. The summed E-state index contributed by atoms with van der Waals surface area (Å²) >= 11 is 1.48. The number of phenols is 1. The molecule has 0 atom stereocenters. The molecule has 0 aliphatic rings. The monoisotopic (exact) mass is 222 g/mol. The standard InChI is InChI=1S/C10H10N2O2S/c1-15-9-3-2-6(4-7(9)13)8-5-10(11)12-14-8/h2-5,13H,1H3,(H2,11,12). The van der Waals surface area contributed by atoms with Crippen molar-refractivity contribution in [3.63, 3.8) is 0 Å². The molecule has 1 aromatic carbocycles. The molecule has 0 aliphatic carbocycles. The van der Waals surface area contributed by atoms with Gasteiger partial charge in [0.15, 0.2) is 11.6 Å². The van der Waals surface area contributed by atoms with Crippen molar-refractivity contribution in [2.45, 2.75) is 4.90 Å². The zero-order valence-corrected chi connectivity index (χ0v) is 8.91. The summed E-state index contributed by atoms with van der Waals surface area (Å²) in [6.45, 7) is 0. The largest absolute Gasteiger partial charge is 0.507 e. The Kier molecular flexibility index (Phi) is 2.55. The van der Waals surface area contributed by atoms with E-state index in [0.717, 1.165) is 10.5 Å². The van der Waals surface area contributed by atoms with Crippen molar-refractivity contribution in [1.82, 2.24) is 5.16 Å². The second kappa shape index (κ2) is 3.86. The number of hydrogen-bond donors (Lipinski definition) is 2. The molecule has 0 bridgehead atoms. The molecule has 0 unspecified atom stereocenters. The summed E-state index contributed by atoms with van der Waals surface area (Å²) in [6.07, 6.45) is 1.90. The zero-order valence-electron chi connectivity index (χ0n) is 8.10. The van der Waals surface area contributed by atoms with Crippen LogP contribution in [0.2, 0.25) is 0 Å². The van der Waals surface area contributed by atoms with Crippen molar-refractivity contribution in [2.24, 2.45) is 0 Å². The lowest BCUT2D eigenvalue weighted by Crippen LogP contribution is -1.80. The minimum absolute atomic E-state index is 0.231. The molecule has 3 N–H and O–H groups in total. The Bertz CT molecular complexity index is 482. The van der Waals surface area contributed by atoms with Gasteiger partial charge in [-0.1, -0.05) is 5.16 Å². The maximum absolute atomic E-state index is 9.65. The van der Waals surface area contributed by atoms with E-state index in [1.54, 1.807) is 12.1 Å². The Balaban J connectivity index is 2.42. The molecular formula is C10H10N2O2S. The topological polar surface area (TPSA) is 72.3 Å². The smallest absolute Gasteiger partial charge is 0.169 e. The van der Waals surface area contributed by atoms with Crippen LogP contribution in [0.25, 0.3) is 11.3 Å². The highest BCUT2D eigenvalue weighted by Crippen LogP contribution is 2.31. The van der Waals surface area contributed by atoms with E-state index in [9.17, 15) is 5.11 Å². The molecule has 1 aromatic heterocycles. The Morgan fingerprint density at radius 2 is 2.20 bits per heavy atom. The fourth-order valence-corrected chi connectivity index (χ4v) is 1.74. The summed E-state index contributed by atoms with van der Waals surface area (Å²) in [5.41, 5.74) is 6.20. The second-order valence-electron chi connectivity index (χ2n) is 3.00. The molecule has 1 heterocycles. The van der Waals surface area contributed by atoms with E-state index < -0.39 is 0 Å². The predicted molar refractivity (Wildman–Crippen MR) is 59.8 cm³/mol. The van der Waals surface area contributed by atoms with Crippen LogP contribution in [0.15, 0.2) is 33.7 Å². The van der Waals surface area contributed by atoms with E-state index in [2.05, 4.69) is 5.16 Å². The van der Waals surface area contributed by atoms with Gasteiger partial charge in [-0.05, 0) is 24.5 Å². The van der Waals surface area contributed by atoms with Gasteiger partial charge in [0.25, 0.3) is 0 Å². The molecule has 0 amide bonds. The van der Waals surface area contributed by atoms with Gasteiger partial charge in [-0.15, -0.1) is 11.8 Å². The fraction of sp³-hybridized carbons (Fsp3) is 0.100. The van der Waals surface area contributed by atoms with Crippen LogP contribution in [0, 0.1) is 0 Å². The van der Waals surface area contributed by atoms with Crippen LogP contribution < -0.4 is 5.73 Å². The summed E-state index contributed by atoms with van der Waals surface area (Å²) in [6, 6.07) is 6.93. The molecule has 0 aliphatic heterocycles. The van der Waals surface area contributed by atoms with Crippen LogP contribution in [-0.2, 0) is 0 Å². The van der Waals surface area contributed by atoms with Crippen molar-refractivity contribution in [3.05, 3.63) is 24.3 Å². The lowest BCUT2D eigenvalue weighted by atomic mass is 10.1. The Morgan fingerprint density at radius 1 is 1.40 bits per heavy atom. The van der Waals surface area contributed by atoms with Crippen molar-refractivity contribution >= 4 is 17.6 Å². The minimum atomic E-state index is 0.231. The maximum atomic E-state index is 9.65. The van der Waals surface area contributed by atoms with Gasteiger partial charge in [-0.3, -0.25) is 0 Å². The minimum Gasteiger partial charge on any atom is -0.507 e. The number of aromatic nitrogens is 1. The van der Waals surface area contributed by atoms with Crippen LogP contribution in [-0.4, -0.2) is 16.5 Å². The number of benzene rings is 1. The lowest BCUT2D eigenvalue weighted by Gasteiger charge is -2.02. The van der Waals surface area contributed by atoms with Gasteiger partial charge in [0.2, 0.25) is 0 Å². The molecule has 78 valence electrons. The average molecular weight is 222 g/mol. The maximum Gasteiger partial charge on any atom is 0.169 e. The van der Waals surface area contributed by atoms with Gasteiger partial charge in [-0.2, -0.15) is 0 Å². The molecule has 0 radical (unpaired) electrons. The number of anilines is 1. The summed E-state index contributed by atoms with van der Waals surface area (Å²) in [7, 11) is 0. The van der Waals surface area contributed by atoms with Crippen molar-refractivity contribution in [3.8, 4) is 17.1 Å². The molecule has 2 rings (SSSR count). The average Bonchev–Trinajstić information content (AvgIpc) is 2.65. The Morgan fingerprint density at radius 3 is 2.73 bits per heavy atom. The first kappa shape index (κ1) is 9.92. The van der Waals surface area contributed by atoms with Crippen LogP contribution >= 0.6 is 11.8 Å². The molecule has 4 nitrogen and oxygen atoms in total. The first-order valence-corrected chi connectivity index (χ1v) is 5.53. The highest BCUT2D eigenvalue weighted by molar-refractivity contribution is 7.98. The molecule has 0 spiro atoms. The molecule has 0 saturated carbocycles. The van der Waals surface area contributed by atoms with Gasteiger partial charge in [0, 0.05) is 16.5 Å². The summed E-state index contributed by atoms with van der Waals surface area (Å²) in [5, 5.41) is 13.2. The van der Waals surface area contributed by atoms with E-state index in [1.165, 1.54) is 11.8 Å². The number of hydrogen-bond acceptors (Lipinski definition) is 5. The molecule has 15 heavy (non-hydrogen) atoms. The van der Waals surface area contributed by atoms with Crippen LogP contribution in [0.1, 0.15) is 0 Å².